The second-order valence-corrected chi connectivity index (χ2v) is 7.72. The highest BCUT2D eigenvalue weighted by molar-refractivity contribution is 7.16. The van der Waals surface area contributed by atoms with E-state index in [-0.39, 0.29) is 6.04 Å². The molecule has 0 unspecified atom stereocenters. The van der Waals surface area contributed by atoms with Gasteiger partial charge in [-0.05, 0) is 42.4 Å². The maximum Gasteiger partial charge on any atom is 0.338 e. The quantitative estimate of drug-likeness (QED) is 0.627. The van der Waals surface area contributed by atoms with Gasteiger partial charge in [-0.2, -0.15) is 0 Å². The van der Waals surface area contributed by atoms with Gasteiger partial charge in [-0.3, -0.25) is 0 Å². The first kappa shape index (κ1) is 16.9. The summed E-state index contributed by atoms with van der Waals surface area (Å²) in [7, 11) is 0. The number of carboxylic acid groups (broad SMARTS) is 1. The zero-order valence-electron chi connectivity index (χ0n) is 14.4. The molecule has 0 saturated carbocycles. The Kier molecular flexibility index (Phi) is 4.76. The largest absolute Gasteiger partial charge is 0.478 e. The van der Waals surface area contributed by atoms with Crippen molar-refractivity contribution in [2.24, 2.45) is 0 Å². The van der Waals surface area contributed by atoms with E-state index in [1.54, 1.807) is 11.3 Å². The van der Waals surface area contributed by atoms with Crippen molar-refractivity contribution < 1.29 is 9.90 Å². The van der Waals surface area contributed by atoms with E-state index in [0.29, 0.717) is 5.56 Å². The van der Waals surface area contributed by atoms with Crippen LogP contribution in [0.3, 0.4) is 0 Å². The summed E-state index contributed by atoms with van der Waals surface area (Å²) in [6, 6.07) is 20.3. The third kappa shape index (κ3) is 3.25. The molecule has 0 saturated heterocycles. The molecule has 132 valence electrons. The number of nitrogens with one attached hydrogen (secondary N) is 1. The number of rotatable bonds is 5. The molecular formula is C22H21NO2S. The Balaban J connectivity index is 1.77. The zero-order chi connectivity index (χ0) is 17.9. The fourth-order valence-electron chi connectivity index (χ4n) is 3.67. The van der Waals surface area contributed by atoms with E-state index in [9.17, 15) is 9.90 Å². The molecule has 0 radical (unpaired) electrons. The molecule has 0 spiro atoms. The first-order valence-electron chi connectivity index (χ1n) is 8.98. The van der Waals surface area contributed by atoms with E-state index in [2.05, 4.69) is 29.6 Å². The molecule has 1 aliphatic rings. The first-order valence-corrected chi connectivity index (χ1v) is 9.80. The number of thiophene rings is 1. The Hall–Kier alpha value is -2.59. The highest BCUT2D eigenvalue weighted by Gasteiger charge is 2.27. The molecule has 3 nitrogen and oxygen atoms in total. The van der Waals surface area contributed by atoms with Crippen molar-refractivity contribution in [1.29, 1.82) is 0 Å². The summed E-state index contributed by atoms with van der Waals surface area (Å²) >= 11 is 1.62. The zero-order valence-corrected chi connectivity index (χ0v) is 15.3. The van der Waals surface area contributed by atoms with Crippen molar-refractivity contribution in [2.45, 2.75) is 31.7 Å². The Morgan fingerprint density at radius 1 is 0.923 bits per heavy atom. The second kappa shape index (κ2) is 7.34. The van der Waals surface area contributed by atoms with Gasteiger partial charge in [-0.1, -0.05) is 60.7 Å². The molecule has 3 aromatic rings. The topological polar surface area (TPSA) is 49.3 Å². The lowest BCUT2D eigenvalue weighted by Gasteiger charge is -2.20. The average molecular weight is 363 g/mol. The van der Waals surface area contributed by atoms with E-state index >= 15 is 0 Å². The van der Waals surface area contributed by atoms with Gasteiger partial charge < -0.3 is 10.4 Å². The van der Waals surface area contributed by atoms with E-state index in [0.717, 1.165) is 47.4 Å². The Morgan fingerprint density at radius 2 is 1.50 bits per heavy atom. The number of fused-ring (bicyclic) bond motifs is 1. The number of anilines is 1. The molecular weight excluding hydrogens is 342 g/mol. The molecule has 1 aromatic heterocycles. The van der Waals surface area contributed by atoms with Crippen LogP contribution in [0.25, 0.3) is 0 Å². The summed E-state index contributed by atoms with van der Waals surface area (Å²) < 4.78 is 0. The van der Waals surface area contributed by atoms with Gasteiger partial charge in [0.15, 0.2) is 0 Å². The van der Waals surface area contributed by atoms with Gasteiger partial charge in [0.25, 0.3) is 0 Å². The molecule has 2 aromatic carbocycles. The molecule has 0 fully saturated rings. The van der Waals surface area contributed by atoms with Crippen LogP contribution in [-0.4, -0.2) is 11.1 Å². The lowest BCUT2D eigenvalue weighted by atomic mass is 9.95. The van der Waals surface area contributed by atoms with Crippen LogP contribution < -0.4 is 5.32 Å². The summed E-state index contributed by atoms with van der Waals surface area (Å²) in [5, 5.41) is 14.2. The number of aryl methyl sites for hydroxylation is 1. The second-order valence-electron chi connectivity index (χ2n) is 6.62. The van der Waals surface area contributed by atoms with Gasteiger partial charge in [-0.15, -0.1) is 11.3 Å². The summed E-state index contributed by atoms with van der Waals surface area (Å²) in [5.41, 5.74) is 3.76. The maximum absolute atomic E-state index is 12.0. The predicted octanol–water partition coefficient (Wildman–Crippen LogP) is 5.53. The van der Waals surface area contributed by atoms with E-state index < -0.39 is 5.97 Å². The lowest BCUT2D eigenvalue weighted by Crippen LogP contribution is -2.14. The number of carbonyl (C=O) groups is 1. The molecule has 1 heterocycles. The lowest BCUT2D eigenvalue weighted by molar-refractivity contribution is 0.0697. The van der Waals surface area contributed by atoms with Crippen molar-refractivity contribution in [1.82, 2.24) is 0 Å². The van der Waals surface area contributed by atoms with Crippen molar-refractivity contribution in [3.8, 4) is 0 Å². The number of hydrogen-bond donors (Lipinski definition) is 2. The van der Waals surface area contributed by atoms with Crippen LogP contribution in [0.1, 0.15) is 50.8 Å². The molecule has 1 aliphatic carbocycles. The van der Waals surface area contributed by atoms with Crippen LogP contribution in [0, 0.1) is 0 Å². The molecule has 0 atom stereocenters. The fraction of sp³-hybridized carbons (Fsp3) is 0.227. The number of hydrogen-bond acceptors (Lipinski definition) is 3. The first-order chi connectivity index (χ1) is 12.7. The van der Waals surface area contributed by atoms with Gasteiger partial charge in [0, 0.05) is 4.88 Å². The Labute approximate surface area is 157 Å². The molecule has 0 bridgehead atoms. The Bertz CT molecular complexity index is 863. The Morgan fingerprint density at radius 3 is 2.08 bits per heavy atom. The summed E-state index contributed by atoms with van der Waals surface area (Å²) in [6.45, 7) is 0. The highest BCUT2D eigenvalue weighted by atomic mass is 32.1. The minimum absolute atomic E-state index is 0.0735. The minimum Gasteiger partial charge on any atom is -0.478 e. The normalized spacial score (nSPS) is 13.4. The van der Waals surface area contributed by atoms with E-state index in [1.807, 2.05) is 36.4 Å². The fourth-order valence-corrected chi connectivity index (χ4v) is 4.98. The summed E-state index contributed by atoms with van der Waals surface area (Å²) in [6.07, 6.45) is 4.08. The van der Waals surface area contributed by atoms with Crippen molar-refractivity contribution in [2.75, 3.05) is 5.32 Å². The molecule has 4 rings (SSSR count). The standard InChI is InChI=1S/C22H21NO2S/c24-22(25)19-17-13-7-8-14-18(17)26-21(19)23-20(15-9-3-1-4-10-15)16-11-5-2-6-12-16/h1-6,9-12,20,23H,7-8,13-14H2,(H,24,25). The van der Waals surface area contributed by atoms with E-state index in [4.69, 9.17) is 0 Å². The van der Waals surface area contributed by atoms with Gasteiger partial charge in [0.05, 0.1) is 11.6 Å². The van der Waals surface area contributed by atoms with Crippen LogP contribution in [-0.2, 0) is 12.8 Å². The van der Waals surface area contributed by atoms with Crippen LogP contribution >= 0.6 is 11.3 Å². The maximum atomic E-state index is 12.0. The third-order valence-corrected chi connectivity index (χ3v) is 6.15. The molecule has 26 heavy (non-hydrogen) atoms. The van der Waals surface area contributed by atoms with Gasteiger partial charge in [0.1, 0.15) is 5.00 Å². The molecule has 2 N–H and O–H groups in total. The summed E-state index contributed by atoms with van der Waals surface area (Å²) in [4.78, 5) is 13.2. The average Bonchev–Trinajstić information content (AvgIpc) is 3.06. The number of benzene rings is 2. The smallest absolute Gasteiger partial charge is 0.338 e. The van der Waals surface area contributed by atoms with Crippen LogP contribution in [0.4, 0.5) is 5.00 Å². The molecule has 0 aliphatic heterocycles. The van der Waals surface area contributed by atoms with Crippen LogP contribution in [0.5, 0.6) is 0 Å². The highest BCUT2D eigenvalue weighted by Crippen LogP contribution is 2.40. The predicted molar refractivity (Wildman–Crippen MR) is 106 cm³/mol. The van der Waals surface area contributed by atoms with Crippen LogP contribution in [0.15, 0.2) is 60.7 Å². The van der Waals surface area contributed by atoms with Crippen molar-refractivity contribution >= 4 is 22.3 Å². The number of aromatic carboxylic acids is 1. The minimum atomic E-state index is -0.827. The molecule has 4 heteroatoms. The summed E-state index contributed by atoms with van der Waals surface area (Å²) in [5.74, 6) is -0.827. The number of carboxylic acids is 1. The van der Waals surface area contributed by atoms with Crippen LogP contribution in [0.2, 0.25) is 0 Å². The van der Waals surface area contributed by atoms with Crippen molar-refractivity contribution in [3.63, 3.8) is 0 Å². The van der Waals surface area contributed by atoms with Gasteiger partial charge >= 0.3 is 5.97 Å². The third-order valence-electron chi connectivity index (χ3n) is 4.93. The van der Waals surface area contributed by atoms with Gasteiger partial charge in [-0.25, -0.2) is 4.79 Å². The molecule has 0 amide bonds. The van der Waals surface area contributed by atoms with Crippen molar-refractivity contribution in [3.05, 3.63) is 87.8 Å². The van der Waals surface area contributed by atoms with E-state index in [1.165, 1.54) is 4.88 Å². The monoisotopic (exact) mass is 363 g/mol. The SMILES string of the molecule is O=C(O)c1c(NC(c2ccccc2)c2ccccc2)sc2c1CCCC2. The van der Waals surface area contributed by atoms with Gasteiger partial charge in [0.2, 0.25) is 0 Å².